The molecule has 1 aromatic rings. The molecule has 0 aromatic carbocycles. The van der Waals surface area contributed by atoms with Crippen LogP contribution < -0.4 is 0 Å². The van der Waals surface area contributed by atoms with Crippen molar-refractivity contribution in [2.45, 2.75) is 12.3 Å². The minimum atomic E-state index is -0.175. The first-order valence-electron chi connectivity index (χ1n) is 5.24. The van der Waals surface area contributed by atoms with E-state index in [4.69, 9.17) is 4.52 Å². The molecule has 0 aliphatic carbocycles. The van der Waals surface area contributed by atoms with E-state index in [1.807, 2.05) is 14.1 Å². The third kappa shape index (κ3) is 2.62. The van der Waals surface area contributed by atoms with Crippen molar-refractivity contribution in [3.05, 3.63) is 11.7 Å². The van der Waals surface area contributed by atoms with E-state index in [1.165, 1.54) is 0 Å². The number of likely N-dealkylation sites (N-methyl/N-ethyl adjacent to an activating group) is 1. The van der Waals surface area contributed by atoms with Crippen LogP contribution in [0.2, 0.25) is 0 Å². The van der Waals surface area contributed by atoms with Gasteiger partial charge in [0, 0.05) is 18.7 Å². The molecule has 16 heavy (non-hydrogen) atoms. The van der Waals surface area contributed by atoms with Crippen molar-refractivity contribution in [2.24, 2.45) is 0 Å². The lowest BCUT2D eigenvalue weighted by Crippen LogP contribution is -2.15. The molecule has 0 N–H and O–H groups in total. The number of aromatic nitrogens is 2. The Hall–Kier alpha value is -0.880. The molecular weight excluding hydrogens is 226 g/mol. The second kappa shape index (κ2) is 4.97. The molecule has 2 rings (SSSR count). The van der Waals surface area contributed by atoms with Crippen LogP contribution in [-0.2, 0) is 11.2 Å². The molecule has 1 atom stereocenters. The maximum absolute atomic E-state index is 11.5. The van der Waals surface area contributed by atoms with Gasteiger partial charge < -0.3 is 9.42 Å². The van der Waals surface area contributed by atoms with Crippen LogP contribution in [0.1, 0.15) is 17.6 Å². The monoisotopic (exact) mass is 241 g/mol. The van der Waals surface area contributed by atoms with Gasteiger partial charge in [-0.3, -0.25) is 4.79 Å². The second-order valence-corrected chi connectivity index (χ2v) is 5.17. The normalized spacial score (nSPS) is 20.9. The summed E-state index contributed by atoms with van der Waals surface area (Å²) in [4.78, 5) is 17.8. The van der Waals surface area contributed by atoms with Gasteiger partial charge in [-0.1, -0.05) is 5.16 Å². The zero-order valence-corrected chi connectivity index (χ0v) is 10.3. The number of ketones is 1. The van der Waals surface area contributed by atoms with Crippen molar-refractivity contribution >= 4 is 17.5 Å². The maximum atomic E-state index is 11.5. The van der Waals surface area contributed by atoms with Gasteiger partial charge in [-0.05, 0) is 14.1 Å². The first-order chi connectivity index (χ1) is 7.66. The first kappa shape index (κ1) is 11.6. The maximum Gasteiger partial charge on any atom is 0.238 e. The van der Waals surface area contributed by atoms with E-state index in [2.05, 4.69) is 15.0 Å². The topological polar surface area (TPSA) is 59.2 Å². The molecule has 6 heteroatoms. The fourth-order valence-corrected chi connectivity index (χ4v) is 2.60. The summed E-state index contributed by atoms with van der Waals surface area (Å²) in [6, 6.07) is 0. The number of rotatable bonds is 4. The largest absolute Gasteiger partial charge is 0.339 e. The minimum absolute atomic E-state index is 0.175. The Morgan fingerprint density at radius 3 is 3.00 bits per heavy atom. The summed E-state index contributed by atoms with van der Waals surface area (Å²) in [6.45, 7) is 0.881. The van der Waals surface area contributed by atoms with Crippen molar-refractivity contribution in [2.75, 3.05) is 32.1 Å². The molecule has 1 fully saturated rings. The van der Waals surface area contributed by atoms with E-state index in [9.17, 15) is 4.79 Å². The highest BCUT2D eigenvalue weighted by atomic mass is 32.2. The Kier molecular flexibility index (Phi) is 3.60. The predicted molar refractivity (Wildman–Crippen MR) is 61.6 cm³/mol. The summed E-state index contributed by atoms with van der Waals surface area (Å²) in [5, 5.41) is 3.89. The van der Waals surface area contributed by atoms with Crippen LogP contribution in [-0.4, -0.2) is 53.0 Å². The van der Waals surface area contributed by atoms with Crippen molar-refractivity contribution in [1.82, 2.24) is 15.0 Å². The number of Topliss-reactive ketones (excluding diaryl/α,β-unsaturated/α-hetero) is 1. The van der Waals surface area contributed by atoms with E-state index < -0.39 is 0 Å². The van der Waals surface area contributed by atoms with Gasteiger partial charge in [-0.2, -0.15) is 16.7 Å². The van der Waals surface area contributed by atoms with Crippen LogP contribution in [0.4, 0.5) is 0 Å². The summed E-state index contributed by atoms with van der Waals surface area (Å²) < 4.78 is 5.14. The summed E-state index contributed by atoms with van der Waals surface area (Å²) >= 11 is 1.63. The Balaban J connectivity index is 1.99. The zero-order valence-electron chi connectivity index (χ0n) is 9.47. The average molecular weight is 241 g/mol. The highest BCUT2D eigenvalue weighted by Gasteiger charge is 2.31. The highest BCUT2D eigenvalue weighted by molar-refractivity contribution is 8.00. The van der Waals surface area contributed by atoms with Crippen LogP contribution in [0.5, 0.6) is 0 Å². The average Bonchev–Trinajstić information content (AvgIpc) is 2.83. The van der Waals surface area contributed by atoms with Gasteiger partial charge in [0.2, 0.25) is 5.89 Å². The fourth-order valence-electron chi connectivity index (χ4n) is 1.51. The van der Waals surface area contributed by atoms with Crippen LogP contribution >= 0.6 is 11.8 Å². The number of carbonyl (C=O) groups excluding carboxylic acids is 1. The van der Waals surface area contributed by atoms with Crippen molar-refractivity contribution in [3.63, 3.8) is 0 Å². The molecule has 0 bridgehead atoms. The van der Waals surface area contributed by atoms with E-state index in [1.54, 1.807) is 11.8 Å². The molecule has 1 unspecified atom stereocenters. The van der Waals surface area contributed by atoms with Crippen LogP contribution in [0.25, 0.3) is 0 Å². The predicted octanol–water partition coefficient (Wildman–Crippen LogP) is 0.573. The number of hydrogen-bond donors (Lipinski definition) is 0. The van der Waals surface area contributed by atoms with Gasteiger partial charge in [0.15, 0.2) is 11.6 Å². The van der Waals surface area contributed by atoms with E-state index in [0.29, 0.717) is 17.5 Å². The van der Waals surface area contributed by atoms with E-state index >= 15 is 0 Å². The molecule has 1 aromatic heterocycles. The molecule has 2 heterocycles. The number of hydrogen-bond acceptors (Lipinski definition) is 6. The van der Waals surface area contributed by atoms with Crippen molar-refractivity contribution in [1.29, 1.82) is 0 Å². The van der Waals surface area contributed by atoms with E-state index in [0.717, 1.165) is 18.7 Å². The molecule has 1 saturated heterocycles. The number of thioether (sulfide) groups is 1. The molecule has 0 spiro atoms. The quantitative estimate of drug-likeness (QED) is 0.768. The van der Waals surface area contributed by atoms with Gasteiger partial charge in [-0.25, -0.2) is 0 Å². The van der Waals surface area contributed by atoms with Crippen molar-refractivity contribution in [3.8, 4) is 0 Å². The Morgan fingerprint density at radius 1 is 1.56 bits per heavy atom. The Bertz CT molecular complexity index is 378. The second-order valence-electron chi connectivity index (χ2n) is 4.14. The SMILES string of the molecule is CN(C)CCc1noc(C2CSCC2=O)n1. The molecule has 0 amide bonds. The summed E-state index contributed by atoms with van der Waals surface area (Å²) in [5.74, 6) is 2.55. The third-order valence-electron chi connectivity index (χ3n) is 2.48. The number of carbonyl (C=O) groups is 1. The molecular formula is C10H15N3O2S. The van der Waals surface area contributed by atoms with Crippen LogP contribution in [0.3, 0.4) is 0 Å². The Morgan fingerprint density at radius 2 is 2.38 bits per heavy atom. The van der Waals surface area contributed by atoms with Gasteiger partial charge >= 0.3 is 0 Å². The highest BCUT2D eigenvalue weighted by Crippen LogP contribution is 2.28. The molecule has 5 nitrogen and oxygen atoms in total. The smallest absolute Gasteiger partial charge is 0.238 e. The molecule has 1 aliphatic heterocycles. The van der Waals surface area contributed by atoms with Gasteiger partial charge in [0.1, 0.15) is 5.92 Å². The standard InChI is InChI=1S/C10H15N3O2S/c1-13(2)4-3-9-11-10(15-12-9)7-5-16-6-8(7)14/h7H,3-6H2,1-2H3. The van der Waals surface area contributed by atoms with Crippen LogP contribution in [0.15, 0.2) is 4.52 Å². The number of nitrogens with zero attached hydrogens (tertiary/aromatic N) is 3. The van der Waals surface area contributed by atoms with Crippen molar-refractivity contribution < 1.29 is 9.32 Å². The van der Waals surface area contributed by atoms with Gasteiger partial charge in [0.05, 0.1) is 5.75 Å². The first-order valence-corrected chi connectivity index (χ1v) is 6.40. The molecule has 0 saturated carbocycles. The lowest BCUT2D eigenvalue weighted by atomic mass is 10.1. The van der Waals surface area contributed by atoms with Gasteiger partial charge in [0.25, 0.3) is 0 Å². The summed E-state index contributed by atoms with van der Waals surface area (Å²) in [7, 11) is 4.00. The molecule has 1 aliphatic rings. The van der Waals surface area contributed by atoms with E-state index in [-0.39, 0.29) is 11.7 Å². The lowest BCUT2D eigenvalue weighted by Gasteiger charge is -2.05. The zero-order chi connectivity index (χ0) is 11.5. The lowest BCUT2D eigenvalue weighted by molar-refractivity contribution is -0.117. The molecule has 88 valence electrons. The fraction of sp³-hybridized carbons (Fsp3) is 0.700. The Labute approximate surface area is 98.6 Å². The summed E-state index contributed by atoms with van der Waals surface area (Å²) in [6.07, 6.45) is 0.755. The van der Waals surface area contributed by atoms with Crippen LogP contribution in [0, 0.1) is 0 Å². The summed E-state index contributed by atoms with van der Waals surface area (Å²) in [5.41, 5.74) is 0. The third-order valence-corrected chi connectivity index (χ3v) is 3.54. The molecule has 0 radical (unpaired) electrons. The minimum Gasteiger partial charge on any atom is -0.339 e. The van der Waals surface area contributed by atoms with Gasteiger partial charge in [-0.15, -0.1) is 0 Å².